The molecule has 1 rings (SSSR count). The lowest BCUT2D eigenvalue weighted by Gasteiger charge is -2.12. The van der Waals surface area contributed by atoms with Gasteiger partial charge < -0.3 is 9.47 Å². The average Bonchev–Trinajstić information content (AvgIpc) is 2.25. The summed E-state index contributed by atoms with van der Waals surface area (Å²) < 4.78 is 10.6. The van der Waals surface area contributed by atoms with Gasteiger partial charge in [-0.15, -0.1) is 0 Å². The Balaban J connectivity index is 2.93. The molecule has 0 N–H and O–H groups in total. The van der Waals surface area contributed by atoms with Gasteiger partial charge in [0.05, 0.1) is 14.2 Å². The highest BCUT2D eigenvalue weighted by atomic mass is 79.9. The van der Waals surface area contributed by atoms with E-state index in [1.54, 1.807) is 14.2 Å². The molecular weight excluding hydrogens is 244 g/mol. The van der Waals surface area contributed by atoms with Crippen LogP contribution >= 0.6 is 15.9 Å². The molecule has 78 valence electrons. The largest absolute Gasteiger partial charge is 0.496 e. The van der Waals surface area contributed by atoms with Crippen LogP contribution in [0.25, 0.3) is 0 Å². The Labute approximate surface area is 93.4 Å². The smallest absolute Gasteiger partial charge is 0.125 e. The van der Waals surface area contributed by atoms with Crippen molar-refractivity contribution < 1.29 is 9.47 Å². The summed E-state index contributed by atoms with van der Waals surface area (Å²) in [4.78, 5) is 0. The van der Waals surface area contributed by atoms with Crippen molar-refractivity contribution in [3.8, 4) is 11.5 Å². The Morgan fingerprint density at radius 1 is 1.14 bits per heavy atom. The first-order chi connectivity index (χ1) is 6.83. The average molecular weight is 259 g/mol. The lowest BCUT2D eigenvalue weighted by atomic mass is 10.1. The Hall–Kier alpha value is -0.700. The Morgan fingerprint density at radius 2 is 1.71 bits per heavy atom. The molecule has 0 aliphatic heterocycles. The molecule has 0 aliphatic rings. The first-order valence-corrected chi connectivity index (χ1v) is 5.71. The van der Waals surface area contributed by atoms with Gasteiger partial charge in [0.1, 0.15) is 11.5 Å². The number of benzene rings is 1. The molecule has 0 saturated carbocycles. The summed E-state index contributed by atoms with van der Waals surface area (Å²) in [6, 6.07) is 5.87. The van der Waals surface area contributed by atoms with E-state index < -0.39 is 0 Å². The molecule has 3 heteroatoms. The van der Waals surface area contributed by atoms with Crippen molar-refractivity contribution in [3.63, 3.8) is 0 Å². The Bertz CT molecular complexity index is 264. The van der Waals surface area contributed by atoms with Crippen LogP contribution < -0.4 is 9.47 Å². The molecule has 2 nitrogen and oxygen atoms in total. The van der Waals surface area contributed by atoms with E-state index in [1.165, 1.54) is 0 Å². The van der Waals surface area contributed by atoms with Crippen molar-refractivity contribution in [2.75, 3.05) is 19.5 Å². The van der Waals surface area contributed by atoms with Crippen molar-refractivity contribution in [2.24, 2.45) is 0 Å². The highest BCUT2D eigenvalue weighted by Gasteiger charge is 2.08. The second kappa shape index (κ2) is 5.91. The summed E-state index contributed by atoms with van der Waals surface area (Å²) >= 11 is 3.42. The first-order valence-electron chi connectivity index (χ1n) is 4.59. The van der Waals surface area contributed by atoms with Crippen molar-refractivity contribution in [1.82, 2.24) is 0 Å². The number of alkyl halides is 1. The van der Waals surface area contributed by atoms with E-state index in [0.29, 0.717) is 0 Å². The zero-order valence-electron chi connectivity index (χ0n) is 8.55. The van der Waals surface area contributed by atoms with Crippen LogP contribution in [0.1, 0.15) is 12.0 Å². The molecule has 0 spiro atoms. The topological polar surface area (TPSA) is 18.5 Å². The number of ether oxygens (including phenoxy) is 2. The van der Waals surface area contributed by atoms with Crippen LogP contribution in [0, 0.1) is 0 Å². The zero-order valence-corrected chi connectivity index (χ0v) is 10.1. The van der Waals surface area contributed by atoms with Crippen molar-refractivity contribution >= 4 is 15.9 Å². The lowest BCUT2D eigenvalue weighted by Crippen LogP contribution is -1.97. The summed E-state index contributed by atoms with van der Waals surface area (Å²) in [6.45, 7) is 0. The molecule has 0 saturated heterocycles. The summed E-state index contributed by atoms with van der Waals surface area (Å²) in [6.07, 6.45) is 2.05. The molecule has 1 aromatic carbocycles. The van der Waals surface area contributed by atoms with Crippen molar-refractivity contribution in [1.29, 1.82) is 0 Å². The lowest BCUT2D eigenvalue weighted by molar-refractivity contribution is 0.385. The third-order valence-electron chi connectivity index (χ3n) is 2.09. The third-order valence-corrected chi connectivity index (χ3v) is 2.65. The van der Waals surface area contributed by atoms with Gasteiger partial charge in [0.2, 0.25) is 0 Å². The van der Waals surface area contributed by atoms with Crippen LogP contribution in [0.15, 0.2) is 18.2 Å². The number of hydrogen-bond acceptors (Lipinski definition) is 2. The van der Waals surface area contributed by atoms with Crippen LogP contribution in [-0.4, -0.2) is 19.5 Å². The van der Waals surface area contributed by atoms with Crippen LogP contribution in [0.5, 0.6) is 11.5 Å². The monoisotopic (exact) mass is 258 g/mol. The second-order valence-electron chi connectivity index (χ2n) is 2.93. The summed E-state index contributed by atoms with van der Waals surface area (Å²) in [5.74, 6) is 1.82. The standard InChI is InChI=1S/C11H15BrO2/c1-13-10-6-3-7-11(14-2)9(10)5-4-8-12/h3,6-7H,4-5,8H2,1-2H3. The van der Waals surface area contributed by atoms with E-state index in [0.717, 1.165) is 35.2 Å². The van der Waals surface area contributed by atoms with Gasteiger partial charge in [-0.1, -0.05) is 22.0 Å². The number of methoxy groups -OCH3 is 2. The van der Waals surface area contributed by atoms with Gasteiger partial charge in [-0.25, -0.2) is 0 Å². The molecule has 0 unspecified atom stereocenters. The minimum atomic E-state index is 0.908. The van der Waals surface area contributed by atoms with E-state index in [-0.39, 0.29) is 0 Å². The quantitative estimate of drug-likeness (QED) is 0.757. The summed E-state index contributed by atoms with van der Waals surface area (Å²) in [5.41, 5.74) is 1.15. The van der Waals surface area contributed by atoms with Gasteiger partial charge in [0.25, 0.3) is 0 Å². The molecule has 0 radical (unpaired) electrons. The normalized spacial score (nSPS) is 9.93. The maximum atomic E-state index is 5.29. The molecular formula is C11H15BrO2. The van der Waals surface area contributed by atoms with E-state index >= 15 is 0 Å². The summed E-state index contributed by atoms with van der Waals surface area (Å²) in [7, 11) is 3.37. The molecule has 0 atom stereocenters. The molecule has 0 amide bonds. The fourth-order valence-electron chi connectivity index (χ4n) is 1.42. The zero-order chi connectivity index (χ0) is 10.4. The van der Waals surface area contributed by atoms with Gasteiger partial charge in [-0.05, 0) is 25.0 Å². The van der Waals surface area contributed by atoms with Gasteiger partial charge >= 0.3 is 0 Å². The molecule has 0 fully saturated rings. The Kier molecular flexibility index (Phi) is 4.80. The molecule has 14 heavy (non-hydrogen) atoms. The molecule has 0 heterocycles. The van der Waals surface area contributed by atoms with Crippen LogP contribution in [0.4, 0.5) is 0 Å². The van der Waals surface area contributed by atoms with Crippen molar-refractivity contribution in [2.45, 2.75) is 12.8 Å². The SMILES string of the molecule is COc1cccc(OC)c1CCCBr. The van der Waals surface area contributed by atoms with Gasteiger partial charge in [-0.3, -0.25) is 0 Å². The van der Waals surface area contributed by atoms with E-state index in [4.69, 9.17) is 9.47 Å². The van der Waals surface area contributed by atoms with E-state index in [9.17, 15) is 0 Å². The molecule has 0 aliphatic carbocycles. The van der Waals surface area contributed by atoms with Gasteiger partial charge in [-0.2, -0.15) is 0 Å². The fraction of sp³-hybridized carbons (Fsp3) is 0.455. The second-order valence-corrected chi connectivity index (χ2v) is 3.73. The molecule has 1 aromatic rings. The van der Waals surface area contributed by atoms with E-state index in [1.807, 2.05) is 18.2 Å². The maximum Gasteiger partial charge on any atom is 0.125 e. The van der Waals surface area contributed by atoms with Gasteiger partial charge in [0, 0.05) is 10.9 Å². The highest BCUT2D eigenvalue weighted by Crippen LogP contribution is 2.29. The maximum absolute atomic E-state index is 5.29. The number of hydrogen-bond donors (Lipinski definition) is 0. The number of rotatable bonds is 5. The van der Waals surface area contributed by atoms with Crippen LogP contribution in [0.2, 0.25) is 0 Å². The van der Waals surface area contributed by atoms with Crippen molar-refractivity contribution in [3.05, 3.63) is 23.8 Å². The predicted octanol–water partition coefficient (Wildman–Crippen LogP) is 3.03. The third kappa shape index (κ3) is 2.64. The minimum absolute atomic E-state index is 0.908. The number of halogens is 1. The molecule has 0 bridgehead atoms. The highest BCUT2D eigenvalue weighted by molar-refractivity contribution is 9.09. The minimum Gasteiger partial charge on any atom is -0.496 e. The predicted molar refractivity (Wildman–Crippen MR) is 61.7 cm³/mol. The first kappa shape index (κ1) is 11.4. The molecule has 0 aromatic heterocycles. The van der Waals surface area contributed by atoms with Gasteiger partial charge in [0.15, 0.2) is 0 Å². The summed E-state index contributed by atoms with van der Waals surface area (Å²) in [5, 5.41) is 0.994. The van der Waals surface area contributed by atoms with Crippen LogP contribution in [0.3, 0.4) is 0 Å². The fourth-order valence-corrected chi connectivity index (χ4v) is 1.70. The van der Waals surface area contributed by atoms with E-state index in [2.05, 4.69) is 15.9 Å². The Morgan fingerprint density at radius 3 is 2.14 bits per heavy atom. The van der Waals surface area contributed by atoms with Crippen LogP contribution in [-0.2, 0) is 6.42 Å².